The van der Waals surface area contributed by atoms with Crippen LogP contribution in [0.2, 0.25) is 0 Å². The molecule has 1 atom stereocenters. The van der Waals surface area contributed by atoms with E-state index < -0.39 is 5.92 Å². The van der Waals surface area contributed by atoms with Gasteiger partial charge in [0.25, 0.3) is 0 Å². The Hall–Kier alpha value is -3.12. The zero-order chi connectivity index (χ0) is 23.9. The molecular weight excluding hydrogens is 426 g/mol. The predicted octanol–water partition coefficient (Wildman–Crippen LogP) is 5.06. The van der Waals surface area contributed by atoms with Crippen LogP contribution in [0.25, 0.3) is 6.08 Å². The summed E-state index contributed by atoms with van der Waals surface area (Å²) in [7, 11) is 1.65. The number of hydrazine groups is 1. The Kier molecular flexibility index (Phi) is 8.01. The second kappa shape index (κ2) is 11.3. The summed E-state index contributed by atoms with van der Waals surface area (Å²) >= 11 is 0. The highest BCUT2D eigenvalue weighted by Gasteiger charge is 2.50. The number of nitrogens with zero attached hydrogens (tertiary/aromatic N) is 2. The van der Waals surface area contributed by atoms with Crippen LogP contribution in [-0.2, 0) is 16.1 Å². The molecule has 0 radical (unpaired) electrons. The van der Waals surface area contributed by atoms with Crippen molar-refractivity contribution in [1.82, 2.24) is 5.01 Å². The summed E-state index contributed by atoms with van der Waals surface area (Å²) < 4.78 is 11.0. The van der Waals surface area contributed by atoms with Crippen LogP contribution in [0.1, 0.15) is 43.7 Å². The third kappa shape index (κ3) is 6.06. The molecule has 0 heterocycles. The molecule has 180 valence electrons. The normalized spacial score (nSPS) is 17.1. The largest absolute Gasteiger partial charge is 0.496 e. The number of rotatable bonds is 11. The molecule has 1 unspecified atom stereocenters. The topological polar surface area (TPSA) is 77.2 Å². The molecule has 2 aromatic rings. The summed E-state index contributed by atoms with van der Waals surface area (Å²) in [6, 6.07) is 17.8. The van der Waals surface area contributed by atoms with Gasteiger partial charge in [-0.25, -0.2) is 10.8 Å². The molecule has 2 aliphatic rings. The Labute approximate surface area is 202 Å². The van der Waals surface area contributed by atoms with Crippen molar-refractivity contribution < 1.29 is 14.3 Å². The number of amidine groups is 1. The minimum Gasteiger partial charge on any atom is -0.496 e. The van der Waals surface area contributed by atoms with Crippen LogP contribution in [0, 0.1) is 23.7 Å². The number of esters is 1. The van der Waals surface area contributed by atoms with Crippen LogP contribution in [-0.4, -0.2) is 30.5 Å². The van der Waals surface area contributed by atoms with E-state index in [0.717, 1.165) is 42.6 Å². The quantitative estimate of drug-likeness (QED) is 0.166. The molecule has 2 fully saturated rings. The molecule has 34 heavy (non-hydrogen) atoms. The van der Waals surface area contributed by atoms with Gasteiger partial charge in [-0.05, 0) is 68.1 Å². The highest BCUT2D eigenvalue weighted by molar-refractivity contribution is 6.01. The number of nitrogens with two attached hydrogens (primary N) is 1. The fourth-order valence-electron chi connectivity index (χ4n) is 4.75. The van der Waals surface area contributed by atoms with E-state index in [-0.39, 0.29) is 11.9 Å². The van der Waals surface area contributed by atoms with Gasteiger partial charge >= 0.3 is 5.97 Å². The molecule has 0 amide bonds. The van der Waals surface area contributed by atoms with E-state index >= 15 is 0 Å². The lowest BCUT2D eigenvalue weighted by Gasteiger charge is -2.31. The minimum atomic E-state index is -0.476. The van der Waals surface area contributed by atoms with Crippen molar-refractivity contribution in [2.45, 2.75) is 39.2 Å². The summed E-state index contributed by atoms with van der Waals surface area (Å²) in [4.78, 5) is 18.2. The molecule has 2 saturated carbocycles. The first-order chi connectivity index (χ1) is 16.6. The molecule has 0 saturated heterocycles. The second-order valence-corrected chi connectivity index (χ2v) is 9.14. The Bertz CT molecular complexity index is 1000. The average molecular weight is 462 g/mol. The van der Waals surface area contributed by atoms with Gasteiger partial charge in [-0.2, -0.15) is 0 Å². The van der Waals surface area contributed by atoms with Crippen molar-refractivity contribution >= 4 is 17.9 Å². The first-order valence-electron chi connectivity index (χ1n) is 12.2. The molecule has 2 N–H and O–H groups in total. The maximum atomic E-state index is 13.4. The van der Waals surface area contributed by atoms with Gasteiger partial charge in [0, 0.05) is 11.8 Å². The Morgan fingerprint density at radius 2 is 1.74 bits per heavy atom. The smallest absolute Gasteiger partial charge is 0.316 e. The number of para-hydroxylation sites is 1. The number of carbonyl (C=O) groups is 1. The molecular formula is C28H35N3O3. The van der Waals surface area contributed by atoms with Crippen molar-refractivity contribution in [2.24, 2.45) is 34.5 Å². The monoisotopic (exact) mass is 461 g/mol. The SMILES string of the molecule is CCOC(=O)C(/C(=N/C=C/c1ccccc1OC)N(N)Cc1ccccc1)C(C1CC1)C1CC1. The van der Waals surface area contributed by atoms with Crippen LogP contribution in [0.3, 0.4) is 0 Å². The number of hydrogen-bond acceptors (Lipinski definition) is 5. The average Bonchev–Trinajstić information content (AvgIpc) is 3.76. The summed E-state index contributed by atoms with van der Waals surface area (Å²) in [6.07, 6.45) is 8.24. The summed E-state index contributed by atoms with van der Waals surface area (Å²) in [5.74, 6) is 8.56. The van der Waals surface area contributed by atoms with Gasteiger partial charge in [-0.3, -0.25) is 9.80 Å². The molecule has 0 bridgehead atoms. The van der Waals surface area contributed by atoms with Crippen molar-refractivity contribution in [3.05, 3.63) is 71.9 Å². The fourth-order valence-corrected chi connectivity index (χ4v) is 4.75. The number of ether oxygens (including phenoxy) is 2. The minimum absolute atomic E-state index is 0.222. The van der Waals surface area contributed by atoms with Crippen LogP contribution in [0.15, 0.2) is 65.8 Å². The van der Waals surface area contributed by atoms with Crippen LogP contribution < -0.4 is 10.6 Å². The van der Waals surface area contributed by atoms with Gasteiger partial charge in [0.1, 0.15) is 17.5 Å². The zero-order valence-electron chi connectivity index (χ0n) is 20.1. The molecule has 0 aromatic heterocycles. The van der Waals surface area contributed by atoms with Gasteiger partial charge in [0.05, 0.1) is 20.3 Å². The Morgan fingerprint density at radius 3 is 2.35 bits per heavy atom. The molecule has 6 nitrogen and oxygen atoms in total. The highest BCUT2D eigenvalue weighted by atomic mass is 16.5. The van der Waals surface area contributed by atoms with Crippen LogP contribution in [0.5, 0.6) is 5.75 Å². The van der Waals surface area contributed by atoms with Gasteiger partial charge in [-0.1, -0.05) is 48.5 Å². The van der Waals surface area contributed by atoms with Gasteiger partial charge < -0.3 is 9.47 Å². The third-order valence-electron chi connectivity index (χ3n) is 6.63. The molecule has 6 heteroatoms. The number of hydrogen-bond donors (Lipinski definition) is 1. The van der Waals surface area contributed by atoms with Crippen molar-refractivity contribution in [1.29, 1.82) is 0 Å². The third-order valence-corrected chi connectivity index (χ3v) is 6.63. The molecule has 4 rings (SSSR count). The first kappa shape index (κ1) is 24.0. The van der Waals surface area contributed by atoms with E-state index in [0.29, 0.717) is 30.8 Å². The lowest BCUT2D eigenvalue weighted by molar-refractivity contribution is -0.148. The molecule has 2 aromatic carbocycles. The number of methoxy groups -OCH3 is 1. The van der Waals surface area contributed by atoms with E-state index in [1.807, 2.05) is 67.6 Å². The van der Waals surface area contributed by atoms with E-state index in [2.05, 4.69) is 0 Å². The number of aliphatic imine (C=N–C) groups is 1. The highest BCUT2D eigenvalue weighted by Crippen LogP contribution is 2.53. The second-order valence-electron chi connectivity index (χ2n) is 9.14. The zero-order valence-corrected chi connectivity index (χ0v) is 20.1. The lowest BCUT2D eigenvalue weighted by Crippen LogP contribution is -2.47. The molecule has 2 aliphatic carbocycles. The van der Waals surface area contributed by atoms with E-state index in [1.165, 1.54) is 0 Å². The van der Waals surface area contributed by atoms with Gasteiger partial charge in [0.15, 0.2) is 0 Å². The Morgan fingerprint density at radius 1 is 1.09 bits per heavy atom. The van der Waals surface area contributed by atoms with Crippen molar-refractivity contribution in [3.63, 3.8) is 0 Å². The maximum absolute atomic E-state index is 13.4. The first-order valence-corrected chi connectivity index (χ1v) is 12.2. The van der Waals surface area contributed by atoms with Crippen LogP contribution >= 0.6 is 0 Å². The summed E-state index contributed by atoms with van der Waals surface area (Å²) in [6.45, 7) is 2.64. The molecule has 0 aliphatic heterocycles. The Balaban J connectivity index is 1.70. The van der Waals surface area contributed by atoms with Crippen LogP contribution in [0.4, 0.5) is 0 Å². The van der Waals surface area contributed by atoms with Crippen molar-refractivity contribution in [2.75, 3.05) is 13.7 Å². The number of carbonyl (C=O) groups excluding carboxylic acids is 1. The predicted molar refractivity (Wildman–Crippen MR) is 135 cm³/mol. The van der Waals surface area contributed by atoms with Crippen molar-refractivity contribution in [3.8, 4) is 5.75 Å². The fraction of sp³-hybridized carbons (Fsp3) is 0.429. The van der Waals surface area contributed by atoms with Gasteiger partial charge in [-0.15, -0.1) is 0 Å². The van der Waals surface area contributed by atoms with E-state index in [1.54, 1.807) is 18.3 Å². The standard InChI is InChI=1S/C28H35N3O3/c1-3-34-28(32)26(25(22-13-14-22)23-15-16-23)27(31(29)19-20-9-5-4-6-10-20)30-18-17-21-11-7-8-12-24(21)33-2/h4-12,17-18,22-23,25-26H,3,13-16,19,29H2,1-2H3/b18-17+,30-27-. The molecule has 0 spiro atoms. The van der Waals surface area contributed by atoms with E-state index in [4.69, 9.17) is 20.3 Å². The van der Waals surface area contributed by atoms with Gasteiger partial charge in [0.2, 0.25) is 0 Å². The number of benzene rings is 2. The summed E-state index contributed by atoms with van der Waals surface area (Å²) in [5.41, 5.74) is 1.97. The lowest BCUT2D eigenvalue weighted by atomic mass is 9.82. The van der Waals surface area contributed by atoms with E-state index in [9.17, 15) is 4.79 Å². The summed E-state index contributed by atoms with van der Waals surface area (Å²) in [5, 5.41) is 1.63. The maximum Gasteiger partial charge on any atom is 0.316 e.